The largest absolute Gasteiger partial charge is 0.487 e. The van der Waals surface area contributed by atoms with Crippen molar-refractivity contribution in [1.82, 2.24) is 4.90 Å². The smallest absolute Gasteiger partial charge is 0.311 e. The Bertz CT molecular complexity index is 562. The number of nitro groups is 1. The average molecular weight is 307 g/mol. The lowest BCUT2D eigenvalue weighted by molar-refractivity contribution is -0.385. The topological polar surface area (TPSA) is 75.9 Å². The molecule has 0 bridgehead atoms. The van der Waals surface area contributed by atoms with E-state index in [1.165, 1.54) is 6.07 Å². The summed E-state index contributed by atoms with van der Waals surface area (Å²) in [6.07, 6.45) is 0.876. The maximum atomic E-state index is 11.5. The lowest BCUT2D eigenvalue weighted by Crippen LogP contribution is -2.33. The van der Waals surface area contributed by atoms with Crippen LogP contribution in [0.25, 0.3) is 0 Å². The van der Waals surface area contributed by atoms with Crippen molar-refractivity contribution in [3.63, 3.8) is 0 Å². The molecule has 1 amide bonds. The van der Waals surface area contributed by atoms with Crippen LogP contribution in [0.5, 0.6) is 5.75 Å². The van der Waals surface area contributed by atoms with Crippen LogP contribution < -0.4 is 9.64 Å². The summed E-state index contributed by atoms with van der Waals surface area (Å²) in [6, 6.07) is 4.93. The zero-order valence-corrected chi connectivity index (χ0v) is 12.9. The van der Waals surface area contributed by atoms with Crippen LogP contribution >= 0.6 is 0 Å². The molecule has 0 aromatic heterocycles. The molecule has 120 valence electrons. The van der Waals surface area contributed by atoms with Gasteiger partial charge < -0.3 is 14.5 Å². The number of nitrogens with zero attached hydrogens (tertiary/aromatic N) is 3. The summed E-state index contributed by atoms with van der Waals surface area (Å²) in [5.74, 6) is 0.373. The Morgan fingerprint density at radius 2 is 2.09 bits per heavy atom. The second-order valence-electron chi connectivity index (χ2n) is 5.19. The van der Waals surface area contributed by atoms with E-state index < -0.39 is 4.92 Å². The van der Waals surface area contributed by atoms with E-state index in [9.17, 15) is 14.9 Å². The van der Waals surface area contributed by atoms with Crippen LogP contribution in [-0.2, 0) is 4.79 Å². The molecule has 0 N–H and O–H groups in total. The molecule has 0 spiro atoms. The molecule has 0 unspecified atom stereocenters. The van der Waals surface area contributed by atoms with E-state index in [2.05, 4.69) is 4.90 Å². The van der Waals surface area contributed by atoms with Gasteiger partial charge in [-0.25, -0.2) is 0 Å². The van der Waals surface area contributed by atoms with Crippen LogP contribution in [0, 0.1) is 10.1 Å². The zero-order valence-electron chi connectivity index (χ0n) is 12.9. The molecule has 1 aromatic rings. The van der Waals surface area contributed by atoms with E-state index in [4.69, 9.17) is 4.74 Å². The highest BCUT2D eigenvalue weighted by Crippen LogP contribution is 2.32. The van der Waals surface area contributed by atoms with Crippen molar-refractivity contribution in [2.45, 2.75) is 20.3 Å². The number of benzene rings is 1. The standard InChI is InChI=1S/C15H21N3O4/c1-3-22-15-11-13(5-6-14(15)18(20)21)17-8-4-7-16(9-10-17)12(2)19/h5-6,11H,3-4,7-10H2,1-2H3. The van der Waals surface area contributed by atoms with Crippen molar-refractivity contribution in [3.8, 4) is 5.75 Å². The second kappa shape index (κ2) is 7.11. The number of anilines is 1. The first-order valence-electron chi connectivity index (χ1n) is 7.44. The lowest BCUT2D eigenvalue weighted by Gasteiger charge is -2.23. The molecule has 1 heterocycles. The summed E-state index contributed by atoms with van der Waals surface area (Å²) in [5, 5.41) is 11.0. The molecule has 1 aliphatic rings. The Labute approximate surface area is 129 Å². The van der Waals surface area contributed by atoms with Crippen molar-refractivity contribution in [2.75, 3.05) is 37.7 Å². The number of ether oxygens (including phenoxy) is 1. The molecule has 1 aromatic carbocycles. The first-order valence-corrected chi connectivity index (χ1v) is 7.44. The first-order chi connectivity index (χ1) is 10.5. The molecule has 0 aliphatic carbocycles. The van der Waals surface area contributed by atoms with Crippen molar-refractivity contribution < 1.29 is 14.5 Å². The van der Waals surface area contributed by atoms with Gasteiger partial charge in [0.05, 0.1) is 11.5 Å². The zero-order chi connectivity index (χ0) is 16.1. The Morgan fingerprint density at radius 1 is 1.32 bits per heavy atom. The molecular formula is C15H21N3O4. The maximum Gasteiger partial charge on any atom is 0.311 e. The van der Waals surface area contributed by atoms with Crippen molar-refractivity contribution in [1.29, 1.82) is 0 Å². The third-order valence-electron chi connectivity index (χ3n) is 3.75. The van der Waals surface area contributed by atoms with Gasteiger partial charge in [0.2, 0.25) is 5.91 Å². The minimum absolute atomic E-state index is 0.0224. The fourth-order valence-electron chi connectivity index (χ4n) is 2.61. The van der Waals surface area contributed by atoms with Gasteiger partial charge in [0.25, 0.3) is 0 Å². The van der Waals surface area contributed by atoms with E-state index >= 15 is 0 Å². The summed E-state index contributed by atoms with van der Waals surface area (Å²) in [5.41, 5.74) is 0.866. The number of carbonyl (C=O) groups excluding carboxylic acids is 1. The summed E-state index contributed by atoms with van der Waals surface area (Å²) in [7, 11) is 0. The second-order valence-corrected chi connectivity index (χ2v) is 5.19. The van der Waals surface area contributed by atoms with Crippen LogP contribution in [-0.4, -0.2) is 48.5 Å². The summed E-state index contributed by atoms with van der Waals surface area (Å²) >= 11 is 0. The minimum atomic E-state index is -0.436. The molecule has 2 rings (SSSR count). The van der Waals surface area contributed by atoms with Crippen molar-refractivity contribution in [3.05, 3.63) is 28.3 Å². The van der Waals surface area contributed by atoms with Crippen LogP contribution in [0.1, 0.15) is 20.3 Å². The SMILES string of the molecule is CCOc1cc(N2CCCN(C(C)=O)CC2)ccc1[N+](=O)[O-]. The van der Waals surface area contributed by atoms with Gasteiger partial charge in [0.1, 0.15) is 0 Å². The monoisotopic (exact) mass is 307 g/mol. The van der Waals surface area contributed by atoms with Crippen LogP contribution in [0.15, 0.2) is 18.2 Å². The Hall–Kier alpha value is -2.31. The molecule has 1 fully saturated rings. The number of carbonyl (C=O) groups is 1. The Morgan fingerprint density at radius 3 is 2.73 bits per heavy atom. The van der Waals surface area contributed by atoms with E-state index in [1.54, 1.807) is 26.0 Å². The minimum Gasteiger partial charge on any atom is -0.487 e. The third-order valence-corrected chi connectivity index (χ3v) is 3.75. The summed E-state index contributed by atoms with van der Waals surface area (Å²) < 4.78 is 5.39. The van der Waals surface area contributed by atoms with Gasteiger partial charge in [-0.3, -0.25) is 14.9 Å². The Kier molecular flexibility index (Phi) is 5.19. The quantitative estimate of drug-likeness (QED) is 0.628. The van der Waals surface area contributed by atoms with Crippen LogP contribution in [0.3, 0.4) is 0 Å². The number of hydrogen-bond donors (Lipinski definition) is 0. The summed E-state index contributed by atoms with van der Waals surface area (Å²) in [6.45, 7) is 6.69. The van der Waals surface area contributed by atoms with Gasteiger partial charge in [-0.05, 0) is 19.4 Å². The highest BCUT2D eigenvalue weighted by molar-refractivity contribution is 5.73. The number of nitro benzene ring substituents is 1. The molecule has 7 nitrogen and oxygen atoms in total. The molecule has 7 heteroatoms. The highest BCUT2D eigenvalue weighted by Gasteiger charge is 2.20. The number of hydrogen-bond acceptors (Lipinski definition) is 5. The van der Waals surface area contributed by atoms with E-state index in [0.29, 0.717) is 19.7 Å². The van der Waals surface area contributed by atoms with Crippen molar-refractivity contribution in [2.24, 2.45) is 0 Å². The van der Waals surface area contributed by atoms with E-state index in [-0.39, 0.29) is 17.3 Å². The van der Waals surface area contributed by atoms with Gasteiger partial charge >= 0.3 is 5.69 Å². The molecule has 0 radical (unpaired) electrons. The van der Waals surface area contributed by atoms with Gasteiger partial charge in [0.15, 0.2) is 5.75 Å². The van der Waals surface area contributed by atoms with Gasteiger partial charge in [0, 0.05) is 50.9 Å². The van der Waals surface area contributed by atoms with Crippen LogP contribution in [0.4, 0.5) is 11.4 Å². The lowest BCUT2D eigenvalue weighted by atomic mass is 10.2. The third kappa shape index (κ3) is 3.66. The molecule has 22 heavy (non-hydrogen) atoms. The van der Waals surface area contributed by atoms with Gasteiger partial charge in [-0.1, -0.05) is 0 Å². The predicted octanol–water partition coefficient (Wildman–Crippen LogP) is 2.05. The normalized spacial score (nSPS) is 15.4. The highest BCUT2D eigenvalue weighted by atomic mass is 16.6. The number of amides is 1. The molecule has 1 aliphatic heterocycles. The maximum absolute atomic E-state index is 11.5. The fourth-order valence-corrected chi connectivity index (χ4v) is 2.61. The van der Waals surface area contributed by atoms with Gasteiger partial charge in [-0.15, -0.1) is 0 Å². The molecular weight excluding hydrogens is 286 g/mol. The Balaban J connectivity index is 2.19. The van der Waals surface area contributed by atoms with Gasteiger partial charge in [-0.2, -0.15) is 0 Å². The van der Waals surface area contributed by atoms with E-state index in [0.717, 1.165) is 25.2 Å². The molecule has 0 saturated carbocycles. The van der Waals surface area contributed by atoms with Crippen molar-refractivity contribution >= 4 is 17.3 Å². The fraction of sp³-hybridized carbons (Fsp3) is 0.533. The molecule has 1 saturated heterocycles. The average Bonchev–Trinajstić information content (AvgIpc) is 2.73. The molecule has 0 atom stereocenters. The van der Waals surface area contributed by atoms with Crippen LogP contribution in [0.2, 0.25) is 0 Å². The number of rotatable bonds is 4. The van der Waals surface area contributed by atoms with E-state index in [1.807, 2.05) is 4.90 Å². The first kappa shape index (κ1) is 16.1. The summed E-state index contributed by atoms with van der Waals surface area (Å²) in [4.78, 5) is 26.0. The predicted molar refractivity (Wildman–Crippen MR) is 83.3 cm³/mol.